The number of halogens is 1. The van der Waals surface area contributed by atoms with E-state index in [0.29, 0.717) is 0 Å². The predicted molar refractivity (Wildman–Crippen MR) is 80.7 cm³/mol. The van der Waals surface area contributed by atoms with Crippen LogP contribution in [-0.2, 0) is 19.2 Å². The Kier molecular flexibility index (Phi) is 4.35. The first-order valence-corrected chi connectivity index (χ1v) is 7.57. The lowest BCUT2D eigenvalue weighted by Gasteiger charge is -2.06. The molecular weight excluding hydrogens is 310 g/mol. The third kappa shape index (κ3) is 3.09. The summed E-state index contributed by atoms with van der Waals surface area (Å²) < 4.78 is 3.00. The fourth-order valence-electron chi connectivity index (χ4n) is 1.66. The van der Waals surface area contributed by atoms with Gasteiger partial charge in [-0.3, -0.25) is 4.68 Å². The second-order valence-corrected chi connectivity index (χ2v) is 6.01. The van der Waals surface area contributed by atoms with Gasteiger partial charge in [-0.15, -0.1) is 11.8 Å². The van der Waals surface area contributed by atoms with Crippen molar-refractivity contribution in [2.45, 2.75) is 24.0 Å². The first kappa shape index (κ1) is 13.5. The van der Waals surface area contributed by atoms with Crippen LogP contribution in [-0.4, -0.2) is 9.78 Å². The Labute approximate surface area is 120 Å². The molecule has 0 aliphatic rings. The van der Waals surface area contributed by atoms with Gasteiger partial charge in [0.05, 0.1) is 5.69 Å². The standard InChI is InChI=1S/C13H16BrN3S/c1-3-10-7-11(17(2)16-10)8-18-13-6-9(14)4-5-12(13)15/h4-7H,3,8,15H2,1-2H3. The molecule has 0 aliphatic carbocycles. The van der Waals surface area contributed by atoms with Crippen molar-refractivity contribution in [2.24, 2.45) is 7.05 Å². The Morgan fingerprint density at radius 1 is 1.39 bits per heavy atom. The van der Waals surface area contributed by atoms with Gasteiger partial charge in [0.15, 0.2) is 0 Å². The van der Waals surface area contributed by atoms with Crippen LogP contribution in [0.1, 0.15) is 18.3 Å². The molecule has 18 heavy (non-hydrogen) atoms. The minimum Gasteiger partial charge on any atom is -0.398 e. The Morgan fingerprint density at radius 2 is 2.17 bits per heavy atom. The lowest BCUT2D eigenvalue weighted by molar-refractivity contribution is 0.720. The number of benzene rings is 1. The molecule has 0 bridgehead atoms. The Bertz CT molecular complexity index is 551. The van der Waals surface area contributed by atoms with Crippen LogP contribution < -0.4 is 5.73 Å². The summed E-state index contributed by atoms with van der Waals surface area (Å²) >= 11 is 5.20. The second-order valence-electron chi connectivity index (χ2n) is 4.07. The third-order valence-corrected chi connectivity index (χ3v) is 4.34. The molecule has 0 saturated carbocycles. The molecule has 0 saturated heterocycles. The third-order valence-electron chi connectivity index (χ3n) is 2.74. The van der Waals surface area contributed by atoms with E-state index in [2.05, 4.69) is 40.1 Å². The van der Waals surface area contributed by atoms with Crippen LogP contribution in [0.3, 0.4) is 0 Å². The van der Waals surface area contributed by atoms with Crippen LogP contribution in [0.25, 0.3) is 0 Å². The predicted octanol–water partition coefficient (Wildman–Crippen LogP) is 3.62. The first-order valence-electron chi connectivity index (χ1n) is 5.79. The minimum absolute atomic E-state index is 0.820. The Morgan fingerprint density at radius 3 is 2.83 bits per heavy atom. The zero-order chi connectivity index (χ0) is 13.1. The fourth-order valence-corrected chi connectivity index (χ4v) is 3.20. The molecule has 0 spiro atoms. The van der Waals surface area contributed by atoms with Crippen molar-refractivity contribution < 1.29 is 0 Å². The van der Waals surface area contributed by atoms with E-state index in [1.807, 2.05) is 23.9 Å². The van der Waals surface area contributed by atoms with E-state index < -0.39 is 0 Å². The van der Waals surface area contributed by atoms with E-state index in [9.17, 15) is 0 Å². The molecule has 1 heterocycles. The molecule has 5 heteroatoms. The number of rotatable bonds is 4. The summed E-state index contributed by atoms with van der Waals surface area (Å²) in [4.78, 5) is 1.10. The van der Waals surface area contributed by atoms with Crippen LogP contribution in [0.5, 0.6) is 0 Å². The summed E-state index contributed by atoms with van der Waals surface area (Å²) in [6.07, 6.45) is 0.970. The topological polar surface area (TPSA) is 43.8 Å². The van der Waals surface area contributed by atoms with Gasteiger partial charge in [0, 0.05) is 33.6 Å². The number of anilines is 1. The van der Waals surface area contributed by atoms with Gasteiger partial charge in [0.2, 0.25) is 0 Å². The Hall–Kier alpha value is -0.940. The van der Waals surface area contributed by atoms with E-state index >= 15 is 0 Å². The lowest BCUT2D eigenvalue weighted by Crippen LogP contribution is -1.97. The van der Waals surface area contributed by atoms with Gasteiger partial charge in [-0.2, -0.15) is 5.10 Å². The SMILES string of the molecule is CCc1cc(CSc2cc(Br)ccc2N)n(C)n1. The van der Waals surface area contributed by atoms with E-state index in [4.69, 9.17) is 5.73 Å². The molecule has 0 atom stereocenters. The van der Waals surface area contributed by atoms with E-state index in [-0.39, 0.29) is 0 Å². The maximum atomic E-state index is 5.96. The maximum absolute atomic E-state index is 5.96. The Balaban J connectivity index is 2.11. The number of thioether (sulfide) groups is 1. The highest BCUT2D eigenvalue weighted by Gasteiger charge is 2.06. The maximum Gasteiger partial charge on any atom is 0.0625 e. The molecule has 1 aromatic heterocycles. The lowest BCUT2D eigenvalue weighted by atomic mass is 10.3. The molecule has 2 rings (SSSR count). The largest absolute Gasteiger partial charge is 0.398 e. The molecule has 96 valence electrons. The van der Waals surface area contributed by atoms with Crippen molar-refractivity contribution in [3.05, 3.63) is 40.1 Å². The summed E-state index contributed by atoms with van der Waals surface area (Å²) in [7, 11) is 1.99. The zero-order valence-electron chi connectivity index (χ0n) is 10.5. The van der Waals surface area contributed by atoms with Gasteiger partial charge in [-0.25, -0.2) is 0 Å². The van der Waals surface area contributed by atoms with Crippen LogP contribution >= 0.6 is 27.7 Å². The van der Waals surface area contributed by atoms with Gasteiger partial charge in [0.1, 0.15) is 0 Å². The molecule has 3 nitrogen and oxygen atoms in total. The highest BCUT2D eigenvalue weighted by molar-refractivity contribution is 9.10. The smallest absolute Gasteiger partial charge is 0.0625 e. The van der Waals surface area contributed by atoms with Crippen molar-refractivity contribution in [3.63, 3.8) is 0 Å². The highest BCUT2D eigenvalue weighted by Crippen LogP contribution is 2.30. The molecule has 2 N–H and O–H groups in total. The molecule has 0 unspecified atom stereocenters. The number of hydrogen-bond acceptors (Lipinski definition) is 3. The van der Waals surface area contributed by atoms with Crippen LogP contribution in [0.2, 0.25) is 0 Å². The van der Waals surface area contributed by atoms with E-state index in [1.165, 1.54) is 5.69 Å². The molecule has 0 fully saturated rings. The molecule has 0 amide bonds. The van der Waals surface area contributed by atoms with Crippen LogP contribution in [0.4, 0.5) is 5.69 Å². The molecule has 0 radical (unpaired) electrons. The zero-order valence-corrected chi connectivity index (χ0v) is 12.9. The van der Waals surface area contributed by atoms with Gasteiger partial charge in [0.25, 0.3) is 0 Å². The summed E-state index contributed by atoms with van der Waals surface area (Å²) in [5, 5.41) is 4.44. The summed E-state index contributed by atoms with van der Waals surface area (Å²) in [6.45, 7) is 2.12. The molecular formula is C13H16BrN3S. The van der Waals surface area contributed by atoms with E-state index in [0.717, 1.165) is 32.9 Å². The highest BCUT2D eigenvalue weighted by atomic mass is 79.9. The summed E-state index contributed by atoms with van der Waals surface area (Å²) in [5.41, 5.74) is 9.13. The number of nitrogen functional groups attached to an aromatic ring is 1. The average molecular weight is 326 g/mol. The average Bonchev–Trinajstić information content (AvgIpc) is 2.71. The first-order chi connectivity index (χ1) is 8.60. The second kappa shape index (κ2) is 5.80. The van der Waals surface area contributed by atoms with Crippen LogP contribution in [0, 0.1) is 0 Å². The van der Waals surface area contributed by atoms with Gasteiger partial charge >= 0.3 is 0 Å². The van der Waals surface area contributed by atoms with Crippen LogP contribution in [0.15, 0.2) is 33.6 Å². The normalized spacial score (nSPS) is 10.8. The van der Waals surface area contributed by atoms with Gasteiger partial charge in [-0.05, 0) is 30.7 Å². The van der Waals surface area contributed by atoms with Crippen molar-refractivity contribution in [1.82, 2.24) is 9.78 Å². The number of aromatic nitrogens is 2. The molecule has 2 aromatic rings. The number of hydrogen-bond donors (Lipinski definition) is 1. The van der Waals surface area contributed by atoms with Gasteiger partial charge in [-0.1, -0.05) is 22.9 Å². The van der Waals surface area contributed by atoms with Crippen molar-refractivity contribution in [2.75, 3.05) is 5.73 Å². The minimum atomic E-state index is 0.820. The number of nitrogens with two attached hydrogens (primary N) is 1. The van der Waals surface area contributed by atoms with Crippen molar-refractivity contribution in [3.8, 4) is 0 Å². The molecule has 1 aromatic carbocycles. The summed E-state index contributed by atoms with van der Waals surface area (Å²) in [5.74, 6) is 0.879. The van der Waals surface area contributed by atoms with E-state index in [1.54, 1.807) is 11.8 Å². The fraction of sp³-hybridized carbons (Fsp3) is 0.308. The van der Waals surface area contributed by atoms with Gasteiger partial charge < -0.3 is 5.73 Å². The van der Waals surface area contributed by atoms with Crippen molar-refractivity contribution in [1.29, 1.82) is 0 Å². The number of aryl methyl sites for hydroxylation is 2. The quantitative estimate of drug-likeness (QED) is 0.689. The molecule has 0 aliphatic heterocycles. The monoisotopic (exact) mass is 325 g/mol. The van der Waals surface area contributed by atoms with Crippen molar-refractivity contribution >= 4 is 33.4 Å². The number of nitrogens with zero attached hydrogens (tertiary/aromatic N) is 2. The summed E-state index contributed by atoms with van der Waals surface area (Å²) in [6, 6.07) is 8.09.